The Balaban J connectivity index is 1.68. The number of nitrogens with one attached hydrogen (secondary N) is 2. The molecule has 1 amide bonds. The van der Waals surface area contributed by atoms with Crippen LogP contribution in [0, 0.1) is 0 Å². The molecule has 0 radical (unpaired) electrons. The molecule has 3 rings (SSSR count). The summed E-state index contributed by atoms with van der Waals surface area (Å²) in [5.74, 6) is -0.375. The number of benzene rings is 1. The van der Waals surface area contributed by atoms with Gasteiger partial charge in [-0.1, -0.05) is 6.07 Å². The second kappa shape index (κ2) is 7.68. The Morgan fingerprint density at radius 2 is 2.20 bits per heavy atom. The first-order chi connectivity index (χ1) is 12.0. The lowest BCUT2D eigenvalue weighted by atomic mass is 10.2. The molecule has 1 fully saturated rings. The number of rotatable bonds is 6. The summed E-state index contributed by atoms with van der Waals surface area (Å²) in [7, 11) is -3.70. The van der Waals surface area contributed by atoms with Gasteiger partial charge in [0.1, 0.15) is 6.33 Å². The highest BCUT2D eigenvalue weighted by Gasteiger charge is 2.24. The van der Waals surface area contributed by atoms with E-state index in [1.807, 2.05) is 0 Å². The van der Waals surface area contributed by atoms with Crippen molar-refractivity contribution >= 4 is 15.9 Å². The summed E-state index contributed by atoms with van der Waals surface area (Å²) >= 11 is 0. The predicted octanol–water partition coefficient (Wildman–Crippen LogP) is 0.474. The number of hydrogen-bond acceptors (Lipinski definition) is 6. The van der Waals surface area contributed by atoms with Crippen molar-refractivity contribution in [2.75, 3.05) is 13.2 Å². The number of hydrogen-bond donors (Lipinski definition) is 2. The van der Waals surface area contributed by atoms with Gasteiger partial charge in [0.25, 0.3) is 5.91 Å². The van der Waals surface area contributed by atoms with Crippen LogP contribution in [0.15, 0.2) is 47.8 Å². The molecular weight excluding hydrogens is 344 g/mol. The fourth-order valence-corrected chi connectivity index (χ4v) is 3.72. The topological polar surface area (TPSA) is 110 Å². The normalized spacial score (nSPS) is 17.4. The van der Waals surface area contributed by atoms with Crippen LogP contribution in [-0.2, 0) is 21.3 Å². The minimum absolute atomic E-state index is 0.0501. The molecule has 0 saturated carbocycles. The number of carbonyl (C=O) groups is 1. The lowest BCUT2D eigenvalue weighted by molar-refractivity contribution is 0.0950. The number of sulfonamides is 1. The third-order valence-corrected chi connectivity index (χ3v) is 5.25. The molecule has 132 valence electrons. The summed E-state index contributed by atoms with van der Waals surface area (Å²) in [6, 6.07) is 7.37. The lowest BCUT2D eigenvalue weighted by Crippen LogP contribution is -2.35. The van der Waals surface area contributed by atoms with E-state index in [-0.39, 0.29) is 29.0 Å². The summed E-state index contributed by atoms with van der Waals surface area (Å²) < 4.78 is 32.6. The monoisotopic (exact) mass is 362 g/mol. The van der Waals surface area contributed by atoms with Crippen molar-refractivity contribution in [3.8, 4) is 0 Å². The van der Waals surface area contributed by atoms with Crippen LogP contribution in [0.25, 0.3) is 0 Å². The van der Waals surface area contributed by atoms with Gasteiger partial charge >= 0.3 is 0 Å². The lowest BCUT2D eigenvalue weighted by Gasteiger charge is -2.12. The van der Waals surface area contributed by atoms with Gasteiger partial charge in [-0.3, -0.25) is 4.79 Å². The van der Waals surface area contributed by atoms with Gasteiger partial charge in [-0.2, -0.15) is 0 Å². The van der Waals surface area contributed by atoms with Gasteiger partial charge in [0.05, 0.1) is 23.7 Å². The molecule has 0 aliphatic carbocycles. The summed E-state index contributed by atoms with van der Waals surface area (Å²) in [4.78, 5) is 20.1. The summed E-state index contributed by atoms with van der Waals surface area (Å²) in [5, 5.41) is 2.70. The number of carbonyl (C=O) groups excluding carboxylic acids is 1. The van der Waals surface area contributed by atoms with E-state index in [0.29, 0.717) is 25.3 Å². The molecule has 1 aromatic carbocycles. The van der Waals surface area contributed by atoms with Gasteiger partial charge in [0, 0.05) is 24.4 Å². The zero-order chi connectivity index (χ0) is 17.7. The van der Waals surface area contributed by atoms with Crippen molar-refractivity contribution in [2.24, 2.45) is 0 Å². The van der Waals surface area contributed by atoms with E-state index in [9.17, 15) is 13.2 Å². The summed E-state index contributed by atoms with van der Waals surface area (Å²) in [6.45, 7) is 1.13. The average Bonchev–Trinajstić information content (AvgIpc) is 3.13. The van der Waals surface area contributed by atoms with Crippen LogP contribution in [0.1, 0.15) is 22.5 Å². The first-order valence-corrected chi connectivity index (χ1v) is 9.26. The van der Waals surface area contributed by atoms with Gasteiger partial charge in [-0.25, -0.2) is 23.1 Å². The second-order valence-corrected chi connectivity index (χ2v) is 7.31. The van der Waals surface area contributed by atoms with E-state index in [1.54, 1.807) is 24.4 Å². The molecule has 2 heterocycles. The SMILES string of the molecule is O=C(NCc1ccncn1)c1cccc(S(=O)(=O)N[C@H]2CCOC2)c1. The summed E-state index contributed by atoms with van der Waals surface area (Å²) in [6.07, 6.45) is 3.62. The number of nitrogens with zero attached hydrogens (tertiary/aromatic N) is 2. The molecule has 25 heavy (non-hydrogen) atoms. The van der Waals surface area contributed by atoms with Crippen LogP contribution in [0.5, 0.6) is 0 Å². The second-order valence-electron chi connectivity index (χ2n) is 5.59. The fourth-order valence-electron chi connectivity index (χ4n) is 2.41. The number of aromatic nitrogens is 2. The zero-order valence-corrected chi connectivity index (χ0v) is 14.2. The Hall–Kier alpha value is -2.36. The molecule has 8 nitrogen and oxygen atoms in total. The van der Waals surface area contributed by atoms with Gasteiger partial charge in [0.15, 0.2) is 0 Å². The zero-order valence-electron chi connectivity index (χ0n) is 13.4. The fraction of sp³-hybridized carbons (Fsp3) is 0.312. The van der Waals surface area contributed by atoms with Crippen LogP contribution >= 0.6 is 0 Å². The van der Waals surface area contributed by atoms with Crippen molar-refractivity contribution in [3.63, 3.8) is 0 Å². The third kappa shape index (κ3) is 4.59. The van der Waals surface area contributed by atoms with Crippen molar-refractivity contribution in [1.29, 1.82) is 0 Å². The van der Waals surface area contributed by atoms with Crippen LogP contribution in [-0.4, -0.2) is 43.5 Å². The van der Waals surface area contributed by atoms with Crippen LogP contribution in [0.2, 0.25) is 0 Å². The first kappa shape index (κ1) is 17.5. The predicted molar refractivity (Wildman–Crippen MR) is 89.2 cm³/mol. The number of amides is 1. The van der Waals surface area contributed by atoms with Crippen molar-refractivity contribution in [2.45, 2.75) is 23.9 Å². The largest absolute Gasteiger partial charge is 0.380 e. The minimum Gasteiger partial charge on any atom is -0.380 e. The molecule has 2 N–H and O–H groups in total. The molecule has 1 saturated heterocycles. The van der Waals surface area contributed by atoms with Crippen molar-refractivity contribution in [3.05, 3.63) is 54.1 Å². The Morgan fingerprint density at radius 1 is 1.32 bits per heavy atom. The van der Waals surface area contributed by atoms with E-state index in [0.717, 1.165) is 0 Å². The van der Waals surface area contributed by atoms with Gasteiger partial charge in [0.2, 0.25) is 10.0 Å². The Bertz CT molecular complexity index is 836. The highest BCUT2D eigenvalue weighted by molar-refractivity contribution is 7.89. The molecule has 0 unspecified atom stereocenters. The molecule has 1 aromatic heterocycles. The van der Waals surface area contributed by atoms with E-state index in [1.165, 1.54) is 18.5 Å². The maximum atomic E-state index is 12.4. The minimum atomic E-state index is -3.70. The van der Waals surface area contributed by atoms with Crippen molar-refractivity contribution in [1.82, 2.24) is 20.0 Å². The third-order valence-electron chi connectivity index (χ3n) is 3.73. The molecule has 0 spiro atoms. The highest BCUT2D eigenvalue weighted by atomic mass is 32.2. The van der Waals surface area contributed by atoms with Gasteiger partial charge in [-0.05, 0) is 30.7 Å². The van der Waals surface area contributed by atoms with E-state index in [2.05, 4.69) is 20.0 Å². The maximum absolute atomic E-state index is 12.4. The Morgan fingerprint density at radius 3 is 2.92 bits per heavy atom. The molecule has 2 aromatic rings. The Labute approximate surface area is 145 Å². The molecule has 1 atom stereocenters. The maximum Gasteiger partial charge on any atom is 0.251 e. The standard InChI is InChI=1S/C16H18N4O4S/c21-16(18-9-13-4-6-17-11-19-13)12-2-1-3-15(8-12)25(22,23)20-14-5-7-24-10-14/h1-4,6,8,11,14,20H,5,7,9-10H2,(H,18,21)/t14-/m0/s1. The van der Waals surface area contributed by atoms with Crippen LogP contribution in [0.4, 0.5) is 0 Å². The Kier molecular flexibility index (Phi) is 5.37. The quantitative estimate of drug-likeness (QED) is 0.773. The molecule has 1 aliphatic heterocycles. The van der Waals surface area contributed by atoms with Gasteiger partial charge in [-0.15, -0.1) is 0 Å². The highest BCUT2D eigenvalue weighted by Crippen LogP contribution is 2.14. The average molecular weight is 362 g/mol. The molecule has 0 bridgehead atoms. The van der Waals surface area contributed by atoms with E-state index >= 15 is 0 Å². The molecule has 1 aliphatic rings. The van der Waals surface area contributed by atoms with E-state index < -0.39 is 10.0 Å². The van der Waals surface area contributed by atoms with Crippen molar-refractivity contribution < 1.29 is 17.9 Å². The van der Waals surface area contributed by atoms with E-state index in [4.69, 9.17) is 4.74 Å². The van der Waals surface area contributed by atoms with Crippen LogP contribution < -0.4 is 10.0 Å². The summed E-state index contributed by atoms with van der Waals surface area (Å²) in [5.41, 5.74) is 0.926. The van der Waals surface area contributed by atoms with Gasteiger partial charge < -0.3 is 10.1 Å². The van der Waals surface area contributed by atoms with Crippen LogP contribution in [0.3, 0.4) is 0 Å². The smallest absolute Gasteiger partial charge is 0.251 e. The molecular formula is C16H18N4O4S. The molecule has 9 heteroatoms. The number of ether oxygens (including phenoxy) is 1. The first-order valence-electron chi connectivity index (χ1n) is 7.78.